The van der Waals surface area contributed by atoms with Gasteiger partial charge in [-0.1, -0.05) is 53.7 Å². The van der Waals surface area contributed by atoms with E-state index in [2.05, 4.69) is 20.5 Å². The number of thioether (sulfide) groups is 1. The number of aromatic nitrogens is 5. The molecule has 0 saturated carbocycles. The van der Waals surface area contributed by atoms with Crippen LogP contribution in [0.3, 0.4) is 0 Å². The first kappa shape index (κ1) is 24.3. The lowest BCUT2D eigenvalue weighted by Gasteiger charge is -2.15. The van der Waals surface area contributed by atoms with Gasteiger partial charge in [-0.2, -0.15) is 0 Å². The van der Waals surface area contributed by atoms with Crippen LogP contribution in [0.5, 0.6) is 11.5 Å². The number of benzene rings is 3. The Hall–Kier alpha value is -4.02. The molecule has 0 spiro atoms. The fourth-order valence-corrected chi connectivity index (χ4v) is 5.36. The molecule has 1 aliphatic heterocycles. The lowest BCUT2D eigenvalue weighted by molar-refractivity contribution is -0.120. The van der Waals surface area contributed by atoms with Gasteiger partial charge in [0.1, 0.15) is 0 Å². The highest BCUT2D eigenvalue weighted by molar-refractivity contribution is 8.00. The van der Waals surface area contributed by atoms with Crippen LogP contribution in [0, 0.1) is 0 Å². The molecule has 2 aromatic heterocycles. The Balaban J connectivity index is 1.23. The number of para-hydroxylation sites is 3. The van der Waals surface area contributed by atoms with Gasteiger partial charge in [0, 0.05) is 6.54 Å². The summed E-state index contributed by atoms with van der Waals surface area (Å²) in [6, 6.07) is 21.1. The number of imidazole rings is 1. The van der Waals surface area contributed by atoms with Gasteiger partial charge in [-0.3, -0.25) is 9.36 Å². The molecule has 5 aromatic rings. The summed E-state index contributed by atoms with van der Waals surface area (Å²) >= 11 is 7.91. The fraction of sp³-hybridized carbons (Fsp3) is 0.185. The van der Waals surface area contributed by atoms with Crippen molar-refractivity contribution in [2.24, 2.45) is 0 Å². The van der Waals surface area contributed by atoms with E-state index in [4.69, 9.17) is 21.1 Å². The Morgan fingerprint density at radius 2 is 1.89 bits per heavy atom. The van der Waals surface area contributed by atoms with Gasteiger partial charge in [0.2, 0.25) is 12.7 Å². The zero-order chi connectivity index (χ0) is 26.1. The number of nitrogens with one attached hydrogen (secondary N) is 1. The van der Waals surface area contributed by atoms with Crippen LogP contribution in [0.2, 0.25) is 5.02 Å². The zero-order valence-corrected chi connectivity index (χ0v) is 21.9. The number of ether oxygens (including phenoxy) is 2. The summed E-state index contributed by atoms with van der Waals surface area (Å²) in [7, 11) is 0. The molecule has 6 rings (SSSR count). The van der Waals surface area contributed by atoms with Gasteiger partial charge in [-0.05, 0) is 48.9 Å². The molecule has 1 aliphatic rings. The van der Waals surface area contributed by atoms with Gasteiger partial charge < -0.3 is 19.4 Å². The Bertz CT molecular complexity index is 1630. The van der Waals surface area contributed by atoms with Crippen LogP contribution < -0.4 is 14.8 Å². The molecule has 0 aliphatic carbocycles. The molecule has 192 valence electrons. The molecule has 1 unspecified atom stereocenters. The highest BCUT2D eigenvalue weighted by Crippen LogP contribution is 2.33. The summed E-state index contributed by atoms with van der Waals surface area (Å²) in [5, 5.41) is 12.6. The van der Waals surface area contributed by atoms with E-state index in [0.717, 1.165) is 22.3 Å². The minimum absolute atomic E-state index is 0.122. The summed E-state index contributed by atoms with van der Waals surface area (Å²) in [5.41, 5.74) is 3.56. The number of carbonyl (C=O) groups is 1. The van der Waals surface area contributed by atoms with E-state index in [1.54, 1.807) is 6.33 Å². The third-order valence-corrected chi connectivity index (χ3v) is 7.55. The van der Waals surface area contributed by atoms with Gasteiger partial charge in [-0.25, -0.2) is 4.98 Å². The number of carbonyl (C=O) groups excluding carboxylic acids is 1. The van der Waals surface area contributed by atoms with Crippen molar-refractivity contribution < 1.29 is 14.3 Å². The fourth-order valence-electron chi connectivity index (χ4n) is 4.24. The molecule has 1 N–H and O–H groups in total. The molecule has 3 aromatic carbocycles. The number of hydrogen-bond acceptors (Lipinski definition) is 7. The second kappa shape index (κ2) is 10.4. The molecule has 1 atom stereocenters. The third kappa shape index (κ3) is 4.80. The number of fused-ring (bicyclic) bond motifs is 2. The second-order valence-electron chi connectivity index (χ2n) is 8.71. The van der Waals surface area contributed by atoms with Gasteiger partial charge in [0.05, 0.1) is 39.9 Å². The first-order valence-electron chi connectivity index (χ1n) is 12.0. The number of halogens is 1. The average Bonchev–Trinajstić information content (AvgIpc) is 3.67. The monoisotopic (exact) mass is 546 g/mol. The van der Waals surface area contributed by atoms with Crippen LogP contribution in [0.15, 0.2) is 78.2 Å². The van der Waals surface area contributed by atoms with E-state index in [1.165, 1.54) is 11.8 Å². The SMILES string of the molecule is CC(Sc1nnc(Cn2cnc3ccccc32)n1-c1ccccc1Cl)C(=O)NCc1ccc2c(c1)OCO2. The van der Waals surface area contributed by atoms with E-state index < -0.39 is 5.25 Å². The normalized spacial score (nSPS) is 13.1. The van der Waals surface area contributed by atoms with Crippen molar-refractivity contribution in [3.05, 3.63) is 89.5 Å². The van der Waals surface area contributed by atoms with Crippen molar-refractivity contribution in [2.45, 2.75) is 30.4 Å². The van der Waals surface area contributed by atoms with Crippen LogP contribution >= 0.6 is 23.4 Å². The summed E-state index contributed by atoms with van der Waals surface area (Å²) in [6.45, 7) is 2.86. The van der Waals surface area contributed by atoms with E-state index >= 15 is 0 Å². The lowest BCUT2D eigenvalue weighted by Crippen LogP contribution is -2.30. The third-order valence-electron chi connectivity index (χ3n) is 6.19. The van der Waals surface area contributed by atoms with Crippen molar-refractivity contribution >= 4 is 40.3 Å². The average molecular weight is 547 g/mol. The molecule has 0 fully saturated rings. The molecule has 1 amide bonds. The Labute approximate surface area is 227 Å². The van der Waals surface area contributed by atoms with Crippen molar-refractivity contribution in [1.29, 1.82) is 0 Å². The maximum absolute atomic E-state index is 13.0. The maximum atomic E-state index is 13.0. The smallest absolute Gasteiger partial charge is 0.233 e. The van der Waals surface area contributed by atoms with Crippen LogP contribution in [0.4, 0.5) is 0 Å². The zero-order valence-electron chi connectivity index (χ0n) is 20.4. The van der Waals surface area contributed by atoms with Crippen LogP contribution in [-0.2, 0) is 17.9 Å². The predicted octanol–water partition coefficient (Wildman–Crippen LogP) is 4.84. The maximum Gasteiger partial charge on any atom is 0.233 e. The van der Waals surface area contributed by atoms with Crippen LogP contribution in [0.25, 0.3) is 16.7 Å². The van der Waals surface area contributed by atoms with Crippen molar-refractivity contribution in [2.75, 3.05) is 6.79 Å². The van der Waals surface area contributed by atoms with E-state index in [1.807, 2.05) is 82.8 Å². The molecular weight excluding hydrogens is 524 g/mol. The molecule has 0 radical (unpaired) electrons. The largest absolute Gasteiger partial charge is 0.454 e. The number of nitrogens with zero attached hydrogens (tertiary/aromatic N) is 5. The topological polar surface area (TPSA) is 96.1 Å². The van der Waals surface area contributed by atoms with Crippen LogP contribution in [0.1, 0.15) is 18.3 Å². The molecule has 9 nitrogen and oxygen atoms in total. The number of hydrogen-bond donors (Lipinski definition) is 1. The Morgan fingerprint density at radius 1 is 1.08 bits per heavy atom. The molecule has 11 heteroatoms. The minimum atomic E-state index is -0.434. The van der Waals surface area contributed by atoms with E-state index in [0.29, 0.717) is 40.6 Å². The standard InChI is InChI=1S/C27H23ClN6O3S/c1-17(26(35)29-13-18-10-11-23-24(12-18)37-16-36-23)38-27-32-31-25(34(27)21-8-4-2-6-19(21)28)14-33-15-30-20-7-3-5-9-22(20)33/h2-12,15,17H,13-14,16H2,1H3,(H,29,35). The van der Waals surface area contributed by atoms with Gasteiger partial charge in [0.15, 0.2) is 22.5 Å². The van der Waals surface area contributed by atoms with Gasteiger partial charge in [-0.15, -0.1) is 10.2 Å². The van der Waals surface area contributed by atoms with Crippen molar-refractivity contribution in [3.63, 3.8) is 0 Å². The summed E-state index contributed by atoms with van der Waals surface area (Å²) in [4.78, 5) is 17.5. The highest BCUT2D eigenvalue weighted by atomic mass is 35.5. The first-order valence-corrected chi connectivity index (χ1v) is 13.2. The van der Waals surface area contributed by atoms with Gasteiger partial charge in [0.25, 0.3) is 0 Å². The summed E-state index contributed by atoms with van der Waals surface area (Å²) < 4.78 is 14.7. The van der Waals surface area contributed by atoms with E-state index in [9.17, 15) is 4.79 Å². The highest BCUT2D eigenvalue weighted by Gasteiger charge is 2.23. The van der Waals surface area contributed by atoms with Crippen molar-refractivity contribution in [3.8, 4) is 17.2 Å². The number of rotatable bonds is 8. The molecule has 0 saturated heterocycles. The van der Waals surface area contributed by atoms with Crippen LogP contribution in [-0.4, -0.2) is 42.3 Å². The van der Waals surface area contributed by atoms with E-state index in [-0.39, 0.29) is 12.7 Å². The summed E-state index contributed by atoms with van der Waals surface area (Å²) in [5.74, 6) is 1.95. The molecule has 0 bridgehead atoms. The first-order chi connectivity index (χ1) is 18.6. The van der Waals surface area contributed by atoms with Gasteiger partial charge >= 0.3 is 0 Å². The second-order valence-corrected chi connectivity index (χ2v) is 10.4. The molecule has 3 heterocycles. The quantitative estimate of drug-likeness (QED) is 0.278. The van der Waals surface area contributed by atoms with Crippen molar-refractivity contribution in [1.82, 2.24) is 29.6 Å². The lowest BCUT2D eigenvalue weighted by atomic mass is 10.2. The Morgan fingerprint density at radius 3 is 2.79 bits per heavy atom. The summed E-state index contributed by atoms with van der Waals surface area (Å²) in [6.07, 6.45) is 1.79. The molecule has 38 heavy (non-hydrogen) atoms. The molecular formula is C27H23ClN6O3S. The minimum Gasteiger partial charge on any atom is -0.454 e. The number of amides is 1. The Kier molecular flexibility index (Phi) is 6.65. The predicted molar refractivity (Wildman–Crippen MR) is 145 cm³/mol.